The molecule has 1 rings (SSSR count). The Labute approximate surface area is 85.0 Å². The summed E-state index contributed by atoms with van der Waals surface area (Å²) < 4.78 is 7.10. The van der Waals surface area contributed by atoms with E-state index >= 15 is 0 Å². The number of hydrogen-bond donors (Lipinski definition) is 1. The van der Waals surface area contributed by atoms with Crippen LogP contribution in [0.15, 0.2) is 6.20 Å². The third-order valence-corrected chi connectivity index (χ3v) is 2.36. The Hall–Kier alpha value is -1.03. The Morgan fingerprint density at radius 3 is 2.71 bits per heavy atom. The quantitative estimate of drug-likeness (QED) is 0.790. The molecule has 0 aliphatic rings. The monoisotopic (exact) mass is 197 g/mol. The van der Waals surface area contributed by atoms with Crippen molar-refractivity contribution >= 4 is 0 Å². The van der Waals surface area contributed by atoms with Crippen molar-refractivity contribution in [1.82, 2.24) is 9.78 Å². The molecule has 80 valence electrons. The van der Waals surface area contributed by atoms with Gasteiger partial charge in [-0.3, -0.25) is 4.68 Å². The van der Waals surface area contributed by atoms with E-state index in [1.165, 1.54) is 0 Å². The van der Waals surface area contributed by atoms with Crippen LogP contribution in [0.1, 0.15) is 31.9 Å². The molecule has 0 spiro atoms. The fourth-order valence-corrected chi connectivity index (χ4v) is 1.82. The molecule has 0 aromatic carbocycles. The molecule has 0 amide bonds. The molecule has 0 saturated carbocycles. The van der Waals surface area contributed by atoms with Gasteiger partial charge in [0.05, 0.1) is 19.0 Å². The molecule has 0 radical (unpaired) electrons. The summed E-state index contributed by atoms with van der Waals surface area (Å²) in [6.07, 6.45) is 2.68. The number of nitrogens with two attached hydrogens (primary N) is 1. The molecule has 4 heteroatoms. The topological polar surface area (TPSA) is 53.1 Å². The lowest BCUT2D eigenvalue weighted by molar-refractivity contribution is 0.400. The van der Waals surface area contributed by atoms with Gasteiger partial charge < -0.3 is 10.5 Å². The molecule has 0 fully saturated rings. The fraction of sp³-hybridized carbons (Fsp3) is 0.700. The van der Waals surface area contributed by atoms with Crippen molar-refractivity contribution < 1.29 is 4.74 Å². The molecule has 2 atom stereocenters. The van der Waals surface area contributed by atoms with Crippen molar-refractivity contribution in [2.75, 3.05) is 7.11 Å². The van der Waals surface area contributed by atoms with E-state index in [1.54, 1.807) is 13.3 Å². The molecule has 2 unspecified atom stereocenters. The first-order valence-corrected chi connectivity index (χ1v) is 4.87. The molecule has 1 aromatic heterocycles. The second-order valence-electron chi connectivity index (χ2n) is 3.84. The molecule has 0 saturated heterocycles. The van der Waals surface area contributed by atoms with E-state index in [0.29, 0.717) is 5.92 Å². The van der Waals surface area contributed by atoms with Crippen molar-refractivity contribution in [2.24, 2.45) is 12.8 Å². The van der Waals surface area contributed by atoms with Crippen LogP contribution < -0.4 is 10.5 Å². The summed E-state index contributed by atoms with van der Waals surface area (Å²) in [7, 11) is 3.59. The maximum atomic E-state index is 5.77. The van der Waals surface area contributed by atoms with Crippen LogP contribution in [-0.2, 0) is 7.05 Å². The predicted octanol–water partition coefficient (Wildman–Crippen LogP) is 1.27. The minimum Gasteiger partial charge on any atom is -0.493 e. The van der Waals surface area contributed by atoms with Crippen molar-refractivity contribution in [3.8, 4) is 5.75 Å². The molecule has 0 aliphatic heterocycles. The number of aryl methyl sites for hydroxylation is 1. The van der Waals surface area contributed by atoms with Crippen LogP contribution in [0.3, 0.4) is 0 Å². The van der Waals surface area contributed by atoms with Crippen LogP contribution in [0.4, 0.5) is 0 Å². The molecular formula is C10H19N3O. The first-order chi connectivity index (χ1) is 6.56. The van der Waals surface area contributed by atoms with Gasteiger partial charge in [0, 0.05) is 19.0 Å². The Morgan fingerprint density at radius 2 is 2.21 bits per heavy atom. The molecule has 1 aromatic rings. The maximum absolute atomic E-state index is 5.77. The molecule has 14 heavy (non-hydrogen) atoms. The predicted molar refractivity (Wildman–Crippen MR) is 56.4 cm³/mol. The average molecular weight is 197 g/mol. The number of ether oxygens (including phenoxy) is 1. The summed E-state index contributed by atoms with van der Waals surface area (Å²) in [5.74, 6) is 1.22. The number of methoxy groups -OCH3 is 1. The smallest absolute Gasteiger partial charge is 0.160 e. The Balaban J connectivity index is 2.86. The van der Waals surface area contributed by atoms with Crippen LogP contribution >= 0.6 is 0 Å². The minimum absolute atomic E-state index is 0.199. The highest BCUT2D eigenvalue weighted by atomic mass is 16.5. The lowest BCUT2D eigenvalue weighted by Crippen LogP contribution is -2.19. The van der Waals surface area contributed by atoms with Gasteiger partial charge >= 0.3 is 0 Å². The van der Waals surface area contributed by atoms with Crippen molar-refractivity contribution in [3.63, 3.8) is 0 Å². The lowest BCUT2D eigenvalue weighted by atomic mass is 9.99. The van der Waals surface area contributed by atoms with Gasteiger partial charge in [-0.2, -0.15) is 5.10 Å². The minimum atomic E-state index is 0.199. The van der Waals surface area contributed by atoms with Crippen molar-refractivity contribution in [3.05, 3.63) is 11.9 Å². The molecular weight excluding hydrogens is 178 g/mol. The van der Waals surface area contributed by atoms with E-state index < -0.39 is 0 Å². The number of hydrogen-bond acceptors (Lipinski definition) is 3. The number of rotatable bonds is 4. The summed E-state index contributed by atoms with van der Waals surface area (Å²) in [5, 5.41) is 4.17. The highest BCUT2D eigenvalue weighted by Gasteiger charge is 2.17. The second kappa shape index (κ2) is 4.46. The molecule has 2 N–H and O–H groups in total. The van der Waals surface area contributed by atoms with E-state index in [1.807, 2.05) is 18.7 Å². The van der Waals surface area contributed by atoms with Gasteiger partial charge in [0.2, 0.25) is 0 Å². The van der Waals surface area contributed by atoms with E-state index in [0.717, 1.165) is 17.9 Å². The van der Waals surface area contributed by atoms with Gasteiger partial charge in [-0.05, 0) is 13.3 Å². The lowest BCUT2D eigenvalue weighted by Gasteiger charge is -2.15. The Kier molecular flexibility index (Phi) is 3.52. The summed E-state index contributed by atoms with van der Waals surface area (Å²) >= 11 is 0. The van der Waals surface area contributed by atoms with E-state index in [-0.39, 0.29) is 6.04 Å². The standard InChI is InChI=1S/C10H19N3O/c1-7(5-8(2)11)10-9(14-4)6-12-13(10)3/h6-8H,5,11H2,1-4H3. The molecule has 4 nitrogen and oxygen atoms in total. The zero-order valence-corrected chi connectivity index (χ0v) is 9.32. The van der Waals surface area contributed by atoms with Gasteiger partial charge in [-0.1, -0.05) is 6.92 Å². The van der Waals surface area contributed by atoms with Gasteiger partial charge in [-0.25, -0.2) is 0 Å². The number of nitrogens with zero attached hydrogens (tertiary/aromatic N) is 2. The summed E-state index contributed by atoms with van der Waals surface area (Å²) in [5.41, 5.74) is 6.89. The Morgan fingerprint density at radius 1 is 1.57 bits per heavy atom. The highest BCUT2D eigenvalue weighted by molar-refractivity contribution is 5.28. The first kappa shape index (κ1) is 11.0. The zero-order valence-electron chi connectivity index (χ0n) is 9.32. The number of aromatic nitrogens is 2. The molecule has 0 bridgehead atoms. The maximum Gasteiger partial charge on any atom is 0.160 e. The van der Waals surface area contributed by atoms with Gasteiger partial charge in [0.25, 0.3) is 0 Å². The van der Waals surface area contributed by atoms with Crippen LogP contribution in [0.2, 0.25) is 0 Å². The van der Waals surface area contributed by atoms with Crippen molar-refractivity contribution in [1.29, 1.82) is 0 Å². The van der Waals surface area contributed by atoms with E-state index in [2.05, 4.69) is 12.0 Å². The zero-order chi connectivity index (χ0) is 10.7. The van der Waals surface area contributed by atoms with Gasteiger partial charge in [0.15, 0.2) is 5.75 Å². The second-order valence-corrected chi connectivity index (χ2v) is 3.84. The Bertz CT molecular complexity index is 294. The fourth-order valence-electron chi connectivity index (χ4n) is 1.82. The van der Waals surface area contributed by atoms with Crippen molar-refractivity contribution in [2.45, 2.75) is 32.2 Å². The van der Waals surface area contributed by atoms with Gasteiger partial charge in [-0.15, -0.1) is 0 Å². The van der Waals surface area contributed by atoms with Crippen LogP contribution in [-0.4, -0.2) is 22.9 Å². The SMILES string of the molecule is COc1cnn(C)c1C(C)CC(C)N. The van der Waals surface area contributed by atoms with Crippen LogP contribution in [0, 0.1) is 0 Å². The van der Waals surface area contributed by atoms with E-state index in [9.17, 15) is 0 Å². The largest absolute Gasteiger partial charge is 0.493 e. The summed E-state index contributed by atoms with van der Waals surface area (Å²) in [6, 6.07) is 0.199. The molecule has 0 aliphatic carbocycles. The third kappa shape index (κ3) is 2.26. The van der Waals surface area contributed by atoms with Crippen LogP contribution in [0.5, 0.6) is 5.75 Å². The van der Waals surface area contributed by atoms with Gasteiger partial charge in [0.1, 0.15) is 0 Å². The van der Waals surface area contributed by atoms with Crippen LogP contribution in [0.25, 0.3) is 0 Å². The normalized spacial score (nSPS) is 15.2. The first-order valence-electron chi connectivity index (χ1n) is 4.87. The highest BCUT2D eigenvalue weighted by Crippen LogP contribution is 2.28. The third-order valence-electron chi connectivity index (χ3n) is 2.36. The molecule has 1 heterocycles. The summed E-state index contributed by atoms with van der Waals surface area (Å²) in [6.45, 7) is 4.15. The summed E-state index contributed by atoms with van der Waals surface area (Å²) in [4.78, 5) is 0. The van der Waals surface area contributed by atoms with E-state index in [4.69, 9.17) is 10.5 Å². The average Bonchev–Trinajstić information content (AvgIpc) is 2.45.